The summed E-state index contributed by atoms with van der Waals surface area (Å²) in [7, 11) is 0. The standard InChI is InChI=1S/C18H24N2O4/c1-18(2,3)9-15(21)19-10-16(22)20-7-6-12-4-5-13(17(23)24)8-14(12)11-20/h4-5,8H,6-7,9-11H2,1-3H3,(H,19,21)(H,23,24). The number of carbonyl (C=O) groups is 3. The number of amides is 2. The van der Waals surface area contributed by atoms with E-state index in [2.05, 4.69) is 5.32 Å². The normalized spacial score (nSPS) is 14.0. The lowest BCUT2D eigenvalue weighted by molar-refractivity contribution is -0.134. The molecule has 0 aromatic heterocycles. The van der Waals surface area contributed by atoms with Crippen LogP contribution in [0.25, 0.3) is 0 Å². The van der Waals surface area contributed by atoms with E-state index < -0.39 is 5.97 Å². The Morgan fingerprint density at radius 2 is 1.92 bits per heavy atom. The number of carboxylic acid groups (broad SMARTS) is 1. The van der Waals surface area contributed by atoms with Gasteiger partial charge in [0.2, 0.25) is 11.8 Å². The summed E-state index contributed by atoms with van der Waals surface area (Å²) in [4.78, 5) is 36.8. The number of fused-ring (bicyclic) bond motifs is 1. The molecular weight excluding hydrogens is 308 g/mol. The van der Waals surface area contributed by atoms with Gasteiger partial charge in [-0.2, -0.15) is 0 Å². The molecule has 1 heterocycles. The van der Waals surface area contributed by atoms with Crippen molar-refractivity contribution in [3.8, 4) is 0 Å². The van der Waals surface area contributed by atoms with Crippen LogP contribution >= 0.6 is 0 Å². The van der Waals surface area contributed by atoms with Crippen molar-refractivity contribution in [2.45, 2.75) is 40.2 Å². The Labute approximate surface area is 141 Å². The van der Waals surface area contributed by atoms with Crippen molar-refractivity contribution >= 4 is 17.8 Å². The van der Waals surface area contributed by atoms with Crippen molar-refractivity contribution in [3.63, 3.8) is 0 Å². The van der Waals surface area contributed by atoms with Crippen LogP contribution in [0.3, 0.4) is 0 Å². The van der Waals surface area contributed by atoms with Gasteiger partial charge in [0, 0.05) is 19.5 Å². The second-order valence-electron chi connectivity index (χ2n) is 7.37. The molecule has 0 atom stereocenters. The van der Waals surface area contributed by atoms with E-state index in [4.69, 9.17) is 5.11 Å². The van der Waals surface area contributed by atoms with E-state index in [9.17, 15) is 14.4 Å². The molecule has 0 bridgehead atoms. The van der Waals surface area contributed by atoms with Crippen LogP contribution in [-0.2, 0) is 22.6 Å². The third kappa shape index (κ3) is 4.81. The molecule has 0 radical (unpaired) electrons. The minimum atomic E-state index is -0.976. The monoisotopic (exact) mass is 332 g/mol. The molecule has 1 aliphatic heterocycles. The summed E-state index contributed by atoms with van der Waals surface area (Å²) >= 11 is 0. The van der Waals surface area contributed by atoms with Crippen LogP contribution in [0.1, 0.15) is 48.7 Å². The van der Waals surface area contributed by atoms with E-state index >= 15 is 0 Å². The van der Waals surface area contributed by atoms with Gasteiger partial charge in [-0.15, -0.1) is 0 Å². The average Bonchev–Trinajstić information content (AvgIpc) is 2.49. The van der Waals surface area contributed by atoms with E-state index in [-0.39, 0.29) is 29.3 Å². The summed E-state index contributed by atoms with van der Waals surface area (Å²) in [5.74, 6) is -1.26. The molecule has 2 amide bonds. The van der Waals surface area contributed by atoms with Gasteiger partial charge in [-0.25, -0.2) is 4.79 Å². The minimum Gasteiger partial charge on any atom is -0.478 e. The minimum absolute atomic E-state index is 0.0249. The van der Waals surface area contributed by atoms with E-state index in [1.807, 2.05) is 26.8 Å². The van der Waals surface area contributed by atoms with Gasteiger partial charge in [0.05, 0.1) is 12.1 Å². The Morgan fingerprint density at radius 1 is 1.21 bits per heavy atom. The quantitative estimate of drug-likeness (QED) is 0.880. The van der Waals surface area contributed by atoms with Gasteiger partial charge >= 0.3 is 5.97 Å². The zero-order chi connectivity index (χ0) is 17.9. The summed E-state index contributed by atoms with van der Waals surface area (Å²) in [6.45, 7) is 6.84. The Bertz CT molecular complexity index is 661. The highest BCUT2D eigenvalue weighted by atomic mass is 16.4. The first-order valence-corrected chi connectivity index (χ1v) is 8.05. The van der Waals surface area contributed by atoms with Crippen molar-refractivity contribution < 1.29 is 19.5 Å². The maximum absolute atomic E-state index is 12.3. The van der Waals surface area contributed by atoms with Crippen LogP contribution in [0.5, 0.6) is 0 Å². The van der Waals surface area contributed by atoms with Crippen LogP contribution in [0.15, 0.2) is 18.2 Å². The van der Waals surface area contributed by atoms with E-state index in [1.165, 1.54) is 0 Å². The Balaban J connectivity index is 1.94. The van der Waals surface area contributed by atoms with E-state index in [0.717, 1.165) is 11.1 Å². The highest BCUT2D eigenvalue weighted by Gasteiger charge is 2.22. The van der Waals surface area contributed by atoms with Crippen molar-refractivity contribution in [2.24, 2.45) is 5.41 Å². The lowest BCUT2D eigenvalue weighted by Crippen LogP contribution is -2.43. The molecule has 0 spiro atoms. The molecule has 6 nitrogen and oxygen atoms in total. The molecule has 0 unspecified atom stereocenters. The third-order valence-corrected chi connectivity index (χ3v) is 3.95. The molecule has 1 aromatic rings. The van der Waals surface area contributed by atoms with Crippen molar-refractivity contribution in [1.82, 2.24) is 10.2 Å². The van der Waals surface area contributed by atoms with Gasteiger partial charge < -0.3 is 15.3 Å². The van der Waals surface area contributed by atoms with E-state index in [1.54, 1.807) is 17.0 Å². The lowest BCUT2D eigenvalue weighted by atomic mass is 9.92. The van der Waals surface area contributed by atoms with Gasteiger partial charge in [-0.3, -0.25) is 9.59 Å². The first kappa shape index (κ1) is 18.0. The van der Waals surface area contributed by atoms with Crippen LogP contribution < -0.4 is 5.32 Å². The fourth-order valence-corrected chi connectivity index (χ4v) is 2.73. The van der Waals surface area contributed by atoms with Gasteiger partial charge in [-0.1, -0.05) is 26.8 Å². The average molecular weight is 332 g/mol. The Morgan fingerprint density at radius 3 is 2.54 bits per heavy atom. The molecule has 0 saturated carbocycles. The van der Waals surface area contributed by atoms with E-state index in [0.29, 0.717) is 25.9 Å². The van der Waals surface area contributed by atoms with Crippen molar-refractivity contribution in [2.75, 3.05) is 13.1 Å². The van der Waals surface area contributed by atoms with Crippen molar-refractivity contribution in [3.05, 3.63) is 34.9 Å². The molecule has 1 aromatic carbocycles. The maximum atomic E-state index is 12.3. The number of hydrogen-bond donors (Lipinski definition) is 2. The van der Waals surface area contributed by atoms with Crippen LogP contribution in [0.4, 0.5) is 0 Å². The first-order valence-electron chi connectivity index (χ1n) is 8.05. The lowest BCUT2D eigenvalue weighted by Gasteiger charge is -2.29. The largest absolute Gasteiger partial charge is 0.478 e. The number of benzene rings is 1. The van der Waals surface area contributed by atoms with Crippen LogP contribution in [0, 0.1) is 5.41 Å². The second kappa shape index (κ2) is 7.03. The first-order chi connectivity index (χ1) is 11.2. The smallest absolute Gasteiger partial charge is 0.335 e. The fraction of sp³-hybridized carbons (Fsp3) is 0.500. The highest BCUT2D eigenvalue weighted by Crippen LogP contribution is 2.21. The Hall–Kier alpha value is -2.37. The zero-order valence-electron chi connectivity index (χ0n) is 14.4. The molecule has 0 fully saturated rings. The summed E-state index contributed by atoms with van der Waals surface area (Å²) in [6, 6.07) is 5.02. The third-order valence-electron chi connectivity index (χ3n) is 3.95. The molecule has 0 saturated heterocycles. The molecule has 1 aliphatic rings. The maximum Gasteiger partial charge on any atom is 0.335 e. The number of nitrogens with one attached hydrogen (secondary N) is 1. The number of rotatable bonds is 4. The predicted octanol–water partition coefficient (Wildman–Crippen LogP) is 1.82. The number of nitrogens with zero attached hydrogens (tertiary/aromatic N) is 1. The molecular formula is C18H24N2O4. The molecule has 0 aliphatic carbocycles. The molecule has 6 heteroatoms. The summed E-state index contributed by atoms with van der Waals surface area (Å²) < 4.78 is 0. The topological polar surface area (TPSA) is 86.7 Å². The Kier molecular flexibility index (Phi) is 5.26. The van der Waals surface area contributed by atoms with Gasteiger partial charge in [0.25, 0.3) is 0 Å². The van der Waals surface area contributed by atoms with Gasteiger partial charge in [-0.05, 0) is 35.1 Å². The predicted molar refractivity (Wildman–Crippen MR) is 89.6 cm³/mol. The highest BCUT2D eigenvalue weighted by molar-refractivity contribution is 5.88. The number of carbonyl (C=O) groups excluding carboxylic acids is 2. The molecule has 24 heavy (non-hydrogen) atoms. The summed E-state index contributed by atoms with van der Waals surface area (Å²) in [5, 5.41) is 11.7. The van der Waals surface area contributed by atoms with Crippen LogP contribution in [-0.4, -0.2) is 40.9 Å². The van der Waals surface area contributed by atoms with Crippen LogP contribution in [0.2, 0.25) is 0 Å². The summed E-state index contributed by atoms with van der Waals surface area (Å²) in [6.07, 6.45) is 1.06. The number of hydrogen-bond acceptors (Lipinski definition) is 3. The molecule has 130 valence electrons. The molecule has 2 rings (SSSR count). The van der Waals surface area contributed by atoms with Gasteiger partial charge in [0.15, 0.2) is 0 Å². The SMILES string of the molecule is CC(C)(C)CC(=O)NCC(=O)N1CCc2ccc(C(=O)O)cc2C1. The number of carboxylic acids is 1. The zero-order valence-corrected chi connectivity index (χ0v) is 14.4. The van der Waals surface area contributed by atoms with Crippen molar-refractivity contribution in [1.29, 1.82) is 0 Å². The fourth-order valence-electron chi connectivity index (χ4n) is 2.73. The summed E-state index contributed by atoms with van der Waals surface area (Å²) in [5.41, 5.74) is 2.03. The van der Waals surface area contributed by atoms with Gasteiger partial charge in [0.1, 0.15) is 0 Å². The number of aromatic carboxylic acids is 1. The molecule has 2 N–H and O–H groups in total. The second-order valence-corrected chi connectivity index (χ2v) is 7.37.